The molecule has 0 saturated heterocycles. The maximum absolute atomic E-state index is 9.55. The van der Waals surface area contributed by atoms with Gasteiger partial charge in [0.15, 0.2) is 9.04 Å². The number of aliphatic hydroxyl groups excluding tert-OH is 1. The molecule has 0 aromatic carbocycles. The number of rotatable bonds is 5. The minimum atomic E-state index is -1.08. The van der Waals surface area contributed by atoms with Crippen LogP contribution in [-0.2, 0) is 4.43 Å². The van der Waals surface area contributed by atoms with Crippen molar-refractivity contribution in [1.29, 1.82) is 0 Å². The van der Waals surface area contributed by atoms with Crippen LogP contribution in [0.1, 0.15) is 40.5 Å². The molecule has 0 aliphatic rings. The van der Waals surface area contributed by atoms with E-state index in [-0.39, 0.29) is 0 Å². The van der Waals surface area contributed by atoms with Crippen LogP contribution in [0.3, 0.4) is 0 Å². The van der Waals surface area contributed by atoms with Crippen molar-refractivity contribution in [2.45, 2.75) is 59.9 Å². The molecule has 2 unspecified atom stereocenters. The molecule has 0 saturated carbocycles. The zero-order valence-corrected chi connectivity index (χ0v) is 11.7. The van der Waals surface area contributed by atoms with Gasteiger partial charge in [-0.1, -0.05) is 27.7 Å². The van der Waals surface area contributed by atoms with Gasteiger partial charge in [-0.05, 0) is 37.3 Å². The lowest BCUT2D eigenvalue weighted by atomic mass is 9.79. The van der Waals surface area contributed by atoms with Crippen LogP contribution in [0.25, 0.3) is 0 Å². The van der Waals surface area contributed by atoms with Gasteiger partial charge in [-0.3, -0.25) is 0 Å². The molecule has 0 aliphatic heterocycles. The Kier molecular flexibility index (Phi) is 5.94. The molecule has 1 N–H and O–H groups in total. The molecule has 86 valence electrons. The van der Waals surface area contributed by atoms with Crippen LogP contribution in [0.15, 0.2) is 0 Å². The first-order valence-electron chi connectivity index (χ1n) is 5.57. The fourth-order valence-electron chi connectivity index (χ4n) is 1.21. The van der Waals surface area contributed by atoms with Gasteiger partial charge in [0.1, 0.15) is 6.29 Å². The summed E-state index contributed by atoms with van der Waals surface area (Å²) in [4.78, 5) is 0. The van der Waals surface area contributed by atoms with Gasteiger partial charge in [0.2, 0.25) is 0 Å². The molecule has 0 bridgehead atoms. The lowest BCUT2D eigenvalue weighted by Gasteiger charge is -2.28. The van der Waals surface area contributed by atoms with Crippen LogP contribution in [0, 0.1) is 11.3 Å². The Morgan fingerprint density at radius 3 is 2.07 bits per heavy atom. The van der Waals surface area contributed by atoms with E-state index in [9.17, 15) is 5.11 Å². The Bertz CT molecular complexity index is 152. The summed E-state index contributed by atoms with van der Waals surface area (Å²) in [6.45, 7) is 13.1. The van der Waals surface area contributed by atoms with Crippen molar-refractivity contribution >= 4 is 9.04 Å². The number of aliphatic hydroxyl groups is 1. The van der Waals surface area contributed by atoms with Crippen LogP contribution < -0.4 is 0 Å². The van der Waals surface area contributed by atoms with Gasteiger partial charge >= 0.3 is 0 Å². The Morgan fingerprint density at radius 2 is 1.71 bits per heavy atom. The highest BCUT2D eigenvalue weighted by Gasteiger charge is 2.20. The molecule has 3 heteroatoms. The SMILES string of the molecule is CC(CCC(O)O[SiH](C)C)C(C)(C)C. The average Bonchev–Trinajstić information content (AvgIpc) is 1.96. The van der Waals surface area contributed by atoms with Crippen molar-refractivity contribution in [3.8, 4) is 0 Å². The van der Waals surface area contributed by atoms with Gasteiger partial charge in [-0.25, -0.2) is 0 Å². The van der Waals surface area contributed by atoms with Crippen LogP contribution in [0.2, 0.25) is 13.1 Å². The molecular weight excluding hydrogens is 192 g/mol. The van der Waals surface area contributed by atoms with E-state index in [0.29, 0.717) is 11.3 Å². The van der Waals surface area contributed by atoms with E-state index in [1.165, 1.54) is 0 Å². The van der Waals surface area contributed by atoms with E-state index in [2.05, 4.69) is 40.8 Å². The van der Waals surface area contributed by atoms with Gasteiger partial charge in [0, 0.05) is 0 Å². The molecule has 2 atom stereocenters. The van der Waals surface area contributed by atoms with Gasteiger partial charge in [-0.2, -0.15) is 0 Å². The second-order valence-corrected chi connectivity index (χ2v) is 7.85. The molecule has 0 aromatic heterocycles. The van der Waals surface area contributed by atoms with E-state index in [0.717, 1.165) is 12.8 Å². The minimum absolute atomic E-state index is 0.328. The molecule has 0 rings (SSSR count). The van der Waals surface area contributed by atoms with Crippen LogP contribution in [0.4, 0.5) is 0 Å². The standard InChI is InChI=1S/C11H26O2Si/c1-9(11(2,3)4)7-8-10(12)13-14(5)6/h9-10,12,14H,7-8H2,1-6H3. The Labute approximate surface area is 90.4 Å². The second kappa shape index (κ2) is 5.88. The minimum Gasteiger partial charge on any atom is -0.396 e. The van der Waals surface area contributed by atoms with Crippen molar-refractivity contribution in [3.63, 3.8) is 0 Å². The summed E-state index contributed by atoms with van der Waals surface area (Å²) >= 11 is 0. The third-order valence-corrected chi connectivity index (χ3v) is 3.61. The molecular formula is C11H26O2Si. The molecule has 14 heavy (non-hydrogen) atoms. The van der Waals surface area contributed by atoms with Crippen molar-refractivity contribution in [2.24, 2.45) is 11.3 Å². The maximum Gasteiger partial charge on any atom is 0.174 e. The highest BCUT2D eigenvalue weighted by Crippen LogP contribution is 2.29. The second-order valence-electron chi connectivity index (χ2n) is 5.48. The normalized spacial score (nSPS) is 17.1. The number of hydrogen-bond acceptors (Lipinski definition) is 2. The van der Waals surface area contributed by atoms with Gasteiger partial charge < -0.3 is 9.53 Å². The van der Waals surface area contributed by atoms with Crippen molar-refractivity contribution in [3.05, 3.63) is 0 Å². The average molecular weight is 218 g/mol. The fourth-order valence-corrected chi connectivity index (χ4v) is 1.97. The molecule has 0 spiro atoms. The topological polar surface area (TPSA) is 29.5 Å². The summed E-state index contributed by atoms with van der Waals surface area (Å²) in [5.74, 6) is 0.620. The highest BCUT2D eigenvalue weighted by atomic mass is 28.3. The van der Waals surface area contributed by atoms with Crippen molar-refractivity contribution in [2.75, 3.05) is 0 Å². The lowest BCUT2D eigenvalue weighted by molar-refractivity contribution is -0.0312. The van der Waals surface area contributed by atoms with Crippen molar-refractivity contribution in [1.82, 2.24) is 0 Å². The molecule has 0 amide bonds. The Hall–Kier alpha value is 0.137. The molecule has 0 radical (unpaired) electrons. The molecule has 0 heterocycles. The maximum atomic E-state index is 9.55. The third kappa shape index (κ3) is 6.57. The predicted octanol–water partition coefficient (Wildman–Crippen LogP) is 2.77. The first-order valence-corrected chi connectivity index (χ1v) is 8.35. The molecule has 0 fully saturated rings. The summed E-state index contributed by atoms with van der Waals surface area (Å²) in [6, 6.07) is 0. The lowest BCUT2D eigenvalue weighted by Crippen LogP contribution is -2.23. The number of hydrogen-bond donors (Lipinski definition) is 1. The molecule has 0 aliphatic carbocycles. The van der Waals surface area contributed by atoms with E-state index >= 15 is 0 Å². The quantitative estimate of drug-likeness (QED) is 0.568. The summed E-state index contributed by atoms with van der Waals surface area (Å²) < 4.78 is 5.41. The fraction of sp³-hybridized carbons (Fsp3) is 1.00. The zero-order valence-electron chi connectivity index (χ0n) is 10.5. The Balaban J connectivity index is 3.72. The van der Waals surface area contributed by atoms with Crippen LogP contribution in [-0.4, -0.2) is 20.4 Å². The first kappa shape index (κ1) is 14.1. The third-order valence-electron chi connectivity index (χ3n) is 2.75. The molecule has 0 aromatic rings. The van der Waals surface area contributed by atoms with E-state index in [1.807, 2.05) is 0 Å². The summed E-state index contributed by atoms with van der Waals surface area (Å²) in [6.07, 6.45) is 1.27. The smallest absolute Gasteiger partial charge is 0.174 e. The first-order chi connectivity index (χ1) is 6.23. The summed E-state index contributed by atoms with van der Waals surface area (Å²) in [7, 11) is -1.08. The molecule has 2 nitrogen and oxygen atoms in total. The summed E-state index contributed by atoms with van der Waals surface area (Å²) in [5, 5.41) is 9.55. The monoisotopic (exact) mass is 218 g/mol. The van der Waals surface area contributed by atoms with Gasteiger partial charge in [0.05, 0.1) is 0 Å². The van der Waals surface area contributed by atoms with Gasteiger partial charge in [-0.15, -0.1) is 0 Å². The van der Waals surface area contributed by atoms with Crippen LogP contribution >= 0.6 is 0 Å². The highest BCUT2D eigenvalue weighted by molar-refractivity contribution is 6.48. The van der Waals surface area contributed by atoms with E-state index < -0.39 is 15.3 Å². The largest absolute Gasteiger partial charge is 0.396 e. The van der Waals surface area contributed by atoms with Gasteiger partial charge in [0.25, 0.3) is 0 Å². The van der Waals surface area contributed by atoms with E-state index in [4.69, 9.17) is 4.43 Å². The predicted molar refractivity (Wildman–Crippen MR) is 63.8 cm³/mol. The Morgan fingerprint density at radius 1 is 1.21 bits per heavy atom. The van der Waals surface area contributed by atoms with Crippen LogP contribution in [0.5, 0.6) is 0 Å². The zero-order chi connectivity index (χ0) is 11.4. The van der Waals surface area contributed by atoms with E-state index in [1.54, 1.807) is 0 Å². The van der Waals surface area contributed by atoms with Crippen molar-refractivity contribution < 1.29 is 9.53 Å². The summed E-state index contributed by atoms with van der Waals surface area (Å²) in [5.41, 5.74) is 0.328.